The molecule has 0 aliphatic rings. The van der Waals surface area contributed by atoms with Gasteiger partial charge in [-0.25, -0.2) is 4.98 Å². The smallest absolute Gasteiger partial charge is 0.345 e. The normalized spacial score (nSPS) is 10.3. The fraction of sp³-hybridized carbons (Fsp3) is 0.625. The Bertz CT molecular complexity index is 329. The Labute approximate surface area is 91.3 Å². The third-order valence-corrected chi connectivity index (χ3v) is 2.91. The number of rotatable bonds is 6. The lowest BCUT2D eigenvalue weighted by Crippen LogP contribution is -2.24. The summed E-state index contributed by atoms with van der Waals surface area (Å²) in [4.78, 5) is 15.9. The van der Waals surface area contributed by atoms with Gasteiger partial charge in [0.05, 0.1) is 4.92 Å². The van der Waals surface area contributed by atoms with Crippen molar-refractivity contribution in [1.29, 1.82) is 0 Å². The van der Waals surface area contributed by atoms with E-state index in [9.17, 15) is 10.1 Å². The van der Waals surface area contributed by atoms with Crippen LogP contribution in [0.2, 0.25) is 0 Å². The number of aliphatic hydroxyl groups excluding tert-OH is 1. The first-order valence-corrected chi connectivity index (χ1v) is 5.46. The van der Waals surface area contributed by atoms with Crippen molar-refractivity contribution in [2.75, 3.05) is 24.6 Å². The molecule has 0 bridgehead atoms. The Morgan fingerprint density at radius 1 is 1.73 bits per heavy atom. The van der Waals surface area contributed by atoms with Crippen LogP contribution in [0.4, 0.5) is 10.1 Å². The average molecular weight is 231 g/mol. The highest BCUT2D eigenvalue weighted by molar-refractivity contribution is 7.18. The number of thiazole rings is 1. The van der Waals surface area contributed by atoms with E-state index < -0.39 is 4.92 Å². The van der Waals surface area contributed by atoms with Crippen LogP contribution in [-0.4, -0.2) is 34.7 Å². The van der Waals surface area contributed by atoms with E-state index in [1.807, 2.05) is 11.8 Å². The molecule has 7 heteroatoms. The van der Waals surface area contributed by atoms with Crippen LogP contribution in [-0.2, 0) is 0 Å². The van der Waals surface area contributed by atoms with E-state index in [1.54, 1.807) is 0 Å². The molecular weight excluding hydrogens is 218 g/mol. The van der Waals surface area contributed by atoms with Crippen LogP contribution < -0.4 is 4.90 Å². The molecule has 6 nitrogen and oxygen atoms in total. The predicted molar refractivity (Wildman–Crippen MR) is 58.4 cm³/mol. The molecule has 0 saturated carbocycles. The van der Waals surface area contributed by atoms with Gasteiger partial charge in [0, 0.05) is 19.7 Å². The molecule has 0 unspecified atom stereocenters. The lowest BCUT2D eigenvalue weighted by atomic mass is 10.4. The Morgan fingerprint density at radius 3 is 2.93 bits per heavy atom. The number of aliphatic hydroxyl groups is 1. The van der Waals surface area contributed by atoms with Gasteiger partial charge in [-0.3, -0.25) is 10.1 Å². The van der Waals surface area contributed by atoms with Gasteiger partial charge in [0.25, 0.3) is 0 Å². The summed E-state index contributed by atoms with van der Waals surface area (Å²) < 4.78 is 0. The summed E-state index contributed by atoms with van der Waals surface area (Å²) in [6.07, 6.45) is 1.91. The fourth-order valence-corrected chi connectivity index (χ4v) is 1.96. The molecule has 0 spiro atoms. The summed E-state index contributed by atoms with van der Waals surface area (Å²) in [6, 6.07) is 0. The molecule has 1 aromatic rings. The van der Waals surface area contributed by atoms with Crippen LogP contribution in [0.3, 0.4) is 0 Å². The van der Waals surface area contributed by atoms with Crippen molar-refractivity contribution in [2.24, 2.45) is 0 Å². The maximum absolute atomic E-state index is 10.5. The van der Waals surface area contributed by atoms with Crippen molar-refractivity contribution in [1.82, 2.24) is 4.98 Å². The molecule has 0 amide bonds. The zero-order valence-corrected chi connectivity index (χ0v) is 9.24. The van der Waals surface area contributed by atoms with Crippen molar-refractivity contribution in [3.8, 4) is 0 Å². The Morgan fingerprint density at radius 2 is 2.47 bits per heavy atom. The first-order valence-electron chi connectivity index (χ1n) is 4.65. The van der Waals surface area contributed by atoms with Crippen LogP contribution in [0, 0.1) is 10.1 Å². The quantitative estimate of drug-likeness (QED) is 0.589. The third kappa shape index (κ3) is 3.14. The van der Waals surface area contributed by atoms with Crippen LogP contribution in [0.15, 0.2) is 6.20 Å². The SMILES string of the molecule is CCN(CCCO)c1ncc([N+](=O)[O-])s1. The maximum Gasteiger partial charge on any atom is 0.345 e. The molecule has 0 radical (unpaired) electrons. The zero-order valence-electron chi connectivity index (χ0n) is 8.42. The van der Waals surface area contributed by atoms with Crippen LogP contribution >= 0.6 is 11.3 Å². The van der Waals surface area contributed by atoms with E-state index in [4.69, 9.17) is 5.11 Å². The average Bonchev–Trinajstić information content (AvgIpc) is 2.68. The summed E-state index contributed by atoms with van der Waals surface area (Å²) in [6.45, 7) is 3.46. The van der Waals surface area contributed by atoms with Crippen molar-refractivity contribution in [3.63, 3.8) is 0 Å². The monoisotopic (exact) mass is 231 g/mol. The van der Waals surface area contributed by atoms with Crippen LogP contribution in [0.5, 0.6) is 0 Å². The molecule has 1 aromatic heterocycles. The highest BCUT2D eigenvalue weighted by atomic mass is 32.1. The highest BCUT2D eigenvalue weighted by Crippen LogP contribution is 2.27. The van der Waals surface area contributed by atoms with E-state index in [2.05, 4.69) is 4.98 Å². The van der Waals surface area contributed by atoms with E-state index in [0.717, 1.165) is 17.9 Å². The molecule has 1 heterocycles. The molecule has 0 fully saturated rings. The van der Waals surface area contributed by atoms with Crippen molar-refractivity contribution < 1.29 is 10.0 Å². The largest absolute Gasteiger partial charge is 0.396 e. The summed E-state index contributed by atoms with van der Waals surface area (Å²) in [5, 5.41) is 19.8. The maximum atomic E-state index is 10.5. The first kappa shape index (κ1) is 11.9. The van der Waals surface area contributed by atoms with Gasteiger partial charge in [-0.2, -0.15) is 0 Å². The minimum Gasteiger partial charge on any atom is -0.396 e. The number of aromatic nitrogens is 1. The van der Waals surface area contributed by atoms with Gasteiger partial charge in [0.2, 0.25) is 0 Å². The second-order valence-electron chi connectivity index (χ2n) is 2.90. The molecule has 1 N–H and O–H groups in total. The molecule has 0 aliphatic heterocycles. The Kier molecular flexibility index (Phi) is 4.44. The number of hydrogen-bond acceptors (Lipinski definition) is 6. The zero-order chi connectivity index (χ0) is 11.3. The predicted octanol–water partition coefficient (Wildman–Crippen LogP) is 1.26. The second-order valence-corrected chi connectivity index (χ2v) is 3.88. The lowest BCUT2D eigenvalue weighted by molar-refractivity contribution is -0.380. The minimum absolute atomic E-state index is 0.0486. The fourth-order valence-electron chi connectivity index (χ4n) is 1.14. The molecule has 0 aromatic carbocycles. The molecule has 1 rings (SSSR count). The Hall–Kier alpha value is -1.21. The van der Waals surface area contributed by atoms with E-state index in [-0.39, 0.29) is 11.6 Å². The molecule has 15 heavy (non-hydrogen) atoms. The number of nitro groups is 1. The van der Waals surface area contributed by atoms with E-state index >= 15 is 0 Å². The number of nitrogens with zero attached hydrogens (tertiary/aromatic N) is 3. The lowest BCUT2D eigenvalue weighted by Gasteiger charge is -2.18. The van der Waals surface area contributed by atoms with Gasteiger partial charge in [-0.05, 0) is 24.7 Å². The van der Waals surface area contributed by atoms with Crippen LogP contribution in [0.25, 0.3) is 0 Å². The second kappa shape index (κ2) is 5.62. The van der Waals surface area contributed by atoms with Gasteiger partial charge in [0.1, 0.15) is 6.20 Å². The molecular formula is C8H13N3O3S. The molecule has 0 aliphatic carbocycles. The van der Waals surface area contributed by atoms with Gasteiger partial charge in [-0.1, -0.05) is 0 Å². The standard InChI is InChI=1S/C8H13N3O3S/c1-2-10(4-3-5-12)8-9-6-7(15-8)11(13)14/h6,12H,2-5H2,1H3. The van der Waals surface area contributed by atoms with Gasteiger partial charge >= 0.3 is 5.00 Å². The number of anilines is 1. The van der Waals surface area contributed by atoms with Gasteiger partial charge < -0.3 is 10.0 Å². The number of hydrogen-bond donors (Lipinski definition) is 1. The Balaban J connectivity index is 2.69. The molecule has 84 valence electrons. The minimum atomic E-state index is -0.443. The van der Waals surface area contributed by atoms with Crippen molar-refractivity contribution >= 4 is 21.5 Å². The van der Waals surface area contributed by atoms with Gasteiger partial charge in [-0.15, -0.1) is 0 Å². The summed E-state index contributed by atoms with van der Waals surface area (Å²) in [5.74, 6) is 0. The summed E-state index contributed by atoms with van der Waals surface area (Å²) in [7, 11) is 0. The molecule has 0 saturated heterocycles. The summed E-state index contributed by atoms with van der Waals surface area (Å²) in [5.41, 5.74) is 0. The summed E-state index contributed by atoms with van der Waals surface area (Å²) >= 11 is 1.06. The molecule has 0 atom stereocenters. The van der Waals surface area contributed by atoms with Crippen molar-refractivity contribution in [3.05, 3.63) is 16.3 Å². The third-order valence-electron chi connectivity index (χ3n) is 1.90. The van der Waals surface area contributed by atoms with Crippen molar-refractivity contribution in [2.45, 2.75) is 13.3 Å². The topological polar surface area (TPSA) is 79.5 Å². The van der Waals surface area contributed by atoms with E-state index in [1.165, 1.54) is 6.20 Å². The first-order chi connectivity index (χ1) is 7.19. The van der Waals surface area contributed by atoms with Gasteiger partial charge in [0.15, 0.2) is 5.13 Å². The highest BCUT2D eigenvalue weighted by Gasteiger charge is 2.15. The van der Waals surface area contributed by atoms with E-state index in [0.29, 0.717) is 18.1 Å². The van der Waals surface area contributed by atoms with Crippen LogP contribution in [0.1, 0.15) is 13.3 Å².